The molecule has 1 aliphatic heterocycles. The fourth-order valence-electron chi connectivity index (χ4n) is 3.38. The van der Waals surface area contributed by atoms with Gasteiger partial charge < -0.3 is 10.1 Å². The number of rotatable bonds is 4. The highest BCUT2D eigenvalue weighted by Crippen LogP contribution is 2.46. The number of methoxy groups -OCH3 is 1. The standard InChI is InChI=1S/C16H19N3O4/c1-23-13-5-4-11(9-17-13)18-12(20)10-19-14(21)8-16(15(19)22)6-2-3-7-16/h4-5,9H,2-3,6-8,10H2,1H3,(H,18,20). The lowest BCUT2D eigenvalue weighted by Gasteiger charge is -2.20. The van der Waals surface area contributed by atoms with Gasteiger partial charge in [0.15, 0.2) is 0 Å². The van der Waals surface area contributed by atoms with Crippen molar-refractivity contribution in [1.82, 2.24) is 9.88 Å². The van der Waals surface area contributed by atoms with E-state index < -0.39 is 11.3 Å². The molecule has 1 aromatic heterocycles. The highest BCUT2D eigenvalue weighted by atomic mass is 16.5. The number of imide groups is 1. The Morgan fingerprint density at radius 3 is 2.70 bits per heavy atom. The van der Waals surface area contributed by atoms with Crippen LogP contribution < -0.4 is 10.1 Å². The monoisotopic (exact) mass is 317 g/mol. The van der Waals surface area contributed by atoms with Crippen molar-refractivity contribution in [2.45, 2.75) is 32.1 Å². The third kappa shape index (κ3) is 2.91. The largest absolute Gasteiger partial charge is 0.481 e. The fourth-order valence-corrected chi connectivity index (χ4v) is 3.38. The summed E-state index contributed by atoms with van der Waals surface area (Å²) in [7, 11) is 1.50. The number of anilines is 1. The maximum atomic E-state index is 12.5. The highest BCUT2D eigenvalue weighted by molar-refractivity contribution is 6.09. The minimum absolute atomic E-state index is 0.192. The summed E-state index contributed by atoms with van der Waals surface area (Å²) >= 11 is 0. The van der Waals surface area contributed by atoms with Gasteiger partial charge in [0.1, 0.15) is 6.54 Å². The Bertz CT molecular complexity index is 635. The van der Waals surface area contributed by atoms with Crippen LogP contribution in [0.1, 0.15) is 32.1 Å². The first-order valence-electron chi connectivity index (χ1n) is 7.69. The number of aromatic nitrogens is 1. The van der Waals surface area contributed by atoms with Gasteiger partial charge in [-0.15, -0.1) is 0 Å². The quantitative estimate of drug-likeness (QED) is 0.847. The van der Waals surface area contributed by atoms with Crippen LogP contribution in [0.5, 0.6) is 5.88 Å². The molecule has 1 aromatic rings. The molecule has 1 aliphatic carbocycles. The number of nitrogens with one attached hydrogen (secondary N) is 1. The molecule has 0 radical (unpaired) electrons. The van der Waals surface area contributed by atoms with Crippen molar-refractivity contribution in [2.75, 3.05) is 19.0 Å². The Morgan fingerprint density at radius 2 is 2.09 bits per heavy atom. The number of amides is 3. The molecule has 2 aliphatic rings. The third-order valence-electron chi connectivity index (χ3n) is 4.58. The maximum absolute atomic E-state index is 12.5. The molecule has 1 N–H and O–H groups in total. The van der Waals surface area contributed by atoms with Crippen LogP contribution in [0.2, 0.25) is 0 Å². The number of pyridine rings is 1. The first kappa shape index (κ1) is 15.5. The fraction of sp³-hybridized carbons (Fsp3) is 0.500. The number of carbonyl (C=O) groups excluding carboxylic acids is 3. The Labute approximate surface area is 134 Å². The highest BCUT2D eigenvalue weighted by Gasteiger charge is 2.52. The van der Waals surface area contributed by atoms with Gasteiger partial charge in [-0.2, -0.15) is 0 Å². The number of hydrogen-bond acceptors (Lipinski definition) is 5. The van der Waals surface area contributed by atoms with Crippen molar-refractivity contribution in [3.8, 4) is 5.88 Å². The van der Waals surface area contributed by atoms with E-state index in [0.29, 0.717) is 11.6 Å². The van der Waals surface area contributed by atoms with Crippen LogP contribution in [0.15, 0.2) is 18.3 Å². The zero-order chi connectivity index (χ0) is 16.4. The van der Waals surface area contributed by atoms with Crippen molar-refractivity contribution in [1.29, 1.82) is 0 Å². The van der Waals surface area contributed by atoms with Gasteiger partial charge in [-0.25, -0.2) is 4.98 Å². The average Bonchev–Trinajstić information content (AvgIpc) is 3.09. The molecule has 1 saturated heterocycles. The molecule has 1 spiro atoms. The van der Waals surface area contributed by atoms with Gasteiger partial charge in [-0.3, -0.25) is 19.3 Å². The molecule has 122 valence electrons. The molecule has 7 nitrogen and oxygen atoms in total. The predicted molar refractivity (Wildman–Crippen MR) is 81.7 cm³/mol. The SMILES string of the molecule is COc1ccc(NC(=O)CN2C(=O)CC3(CCCC3)C2=O)cn1. The maximum Gasteiger partial charge on any atom is 0.244 e. The number of carbonyl (C=O) groups is 3. The van der Waals surface area contributed by atoms with E-state index in [0.717, 1.165) is 30.6 Å². The van der Waals surface area contributed by atoms with E-state index in [1.165, 1.54) is 13.3 Å². The molecule has 1 saturated carbocycles. The molecule has 0 bridgehead atoms. The molecule has 2 fully saturated rings. The molecule has 0 unspecified atom stereocenters. The van der Waals surface area contributed by atoms with Crippen LogP contribution in [0.3, 0.4) is 0 Å². The first-order valence-corrected chi connectivity index (χ1v) is 7.69. The molecule has 3 rings (SSSR count). The number of ether oxygens (including phenoxy) is 1. The first-order chi connectivity index (χ1) is 11.0. The summed E-state index contributed by atoms with van der Waals surface area (Å²) in [6, 6.07) is 3.27. The normalized spacial score (nSPS) is 19.4. The molecule has 0 atom stereocenters. The summed E-state index contributed by atoms with van der Waals surface area (Å²) in [5.41, 5.74) is -0.0514. The zero-order valence-corrected chi connectivity index (χ0v) is 13.0. The van der Waals surface area contributed by atoms with Crippen molar-refractivity contribution in [3.05, 3.63) is 18.3 Å². The third-order valence-corrected chi connectivity index (χ3v) is 4.58. The lowest BCUT2D eigenvalue weighted by Crippen LogP contribution is -2.39. The Hall–Kier alpha value is -2.44. The van der Waals surface area contributed by atoms with Gasteiger partial charge in [0, 0.05) is 12.5 Å². The number of hydrogen-bond donors (Lipinski definition) is 1. The minimum Gasteiger partial charge on any atom is -0.481 e. The molecule has 0 aromatic carbocycles. The Kier molecular flexibility index (Phi) is 4.02. The lowest BCUT2D eigenvalue weighted by molar-refractivity contribution is -0.143. The number of likely N-dealkylation sites (tertiary alicyclic amines) is 1. The summed E-state index contributed by atoms with van der Waals surface area (Å²) in [5, 5.41) is 2.64. The van der Waals surface area contributed by atoms with E-state index in [1.807, 2.05) is 0 Å². The molecular weight excluding hydrogens is 298 g/mol. The van der Waals surface area contributed by atoms with Gasteiger partial charge in [0.25, 0.3) is 0 Å². The molecule has 3 amide bonds. The lowest BCUT2D eigenvalue weighted by atomic mass is 9.84. The number of nitrogens with zero attached hydrogens (tertiary/aromatic N) is 2. The average molecular weight is 317 g/mol. The van der Waals surface area contributed by atoms with Crippen LogP contribution in [0.25, 0.3) is 0 Å². The van der Waals surface area contributed by atoms with Crippen molar-refractivity contribution < 1.29 is 19.1 Å². The topological polar surface area (TPSA) is 88.6 Å². The van der Waals surface area contributed by atoms with Gasteiger partial charge >= 0.3 is 0 Å². The van der Waals surface area contributed by atoms with Crippen molar-refractivity contribution in [2.24, 2.45) is 5.41 Å². The van der Waals surface area contributed by atoms with Gasteiger partial charge in [-0.05, 0) is 18.9 Å². The Morgan fingerprint density at radius 1 is 1.35 bits per heavy atom. The van der Waals surface area contributed by atoms with Crippen molar-refractivity contribution in [3.63, 3.8) is 0 Å². The zero-order valence-electron chi connectivity index (χ0n) is 13.0. The van der Waals surface area contributed by atoms with Gasteiger partial charge in [-0.1, -0.05) is 12.8 Å². The summed E-state index contributed by atoms with van der Waals surface area (Å²) < 4.78 is 4.94. The van der Waals surface area contributed by atoms with Gasteiger partial charge in [0.2, 0.25) is 23.6 Å². The van der Waals surface area contributed by atoms with Crippen LogP contribution in [0, 0.1) is 5.41 Å². The second kappa shape index (κ2) is 5.98. The van der Waals surface area contributed by atoms with E-state index >= 15 is 0 Å². The van der Waals surface area contributed by atoms with E-state index in [1.54, 1.807) is 12.1 Å². The smallest absolute Gasteiger partial charge is 0.244 e. The molecular formula is C16H19N3O4. The van der Waals surface area contributed by atoms with E-state index in [4.69, 9.17) is 4.74 Å². The second-order valence-electron chi connectivity index (χ2n) is 6.09. The van der Waals surface area contributed by atoms with Crippen LogP contribution in [0.4, 0.5) is 5.69 Å². The van der Waals surface area contributed by atoms with Crippen molar-refractivity contribution >= 4 is 23.4 Å². The Balaban J connectivity index is 1.63. The summed E-state index contributed by atoms with van der Waals surface area (Å²) in [4.78, 5) is 41.8. The van der Waals surface area contributed by atoms with Crippen LogP contribution >= 0.6 is 0 Å². The summed E-state index contributed by atoms with van der Waals surface area (Å²) in [5.74, 6) is -0.410. The molecule has 23 heavy (non-hydrogen) atoms. The van der Waals surface area contributed by atoms with E-state index in [9.17, 15) is 14.4 Å². The molecule has 7 heteroatoms. The summed E-state index contributed by atoms with van der Waals surface area (Å²) in [6.45, 7) is -0.245. The van der Waals surface area contributed by atoms with Gasteiger partial charge in [0.05, 0.1) is 24.4 Å². The minimum atomic E-state index is -0.543. The second-order valence-corrected chi connectivity index (χ2v) is 6.09. The predicted octanol–water partition coefficient (Wildman–Crippen LogP) is 1.35. The van der Waals surface area contributed by atoms with Crippen LogP contribution in [-0.4, -0.2) is 41.3 Å². The van der Waals surface area contributed by atoms with Crippen LogP contribution in [-0.2, 0) is 14.4 Å². The summed E-state index contributed by atoms with van der Waals surface area (Å²) in [6.07, 6.45) is 5.13. The van der Waals surface area contributed by atoms with E-state index in [-0.39, 0.29) is 24.8 Å². The van der Waals surface area contributed by atoms with E-state index in [2.05, 4.69) is 10.3 Å². The molecule has 2 heterocycles.